The molecule has 3 aromatic rings. The van der Waals surface area contributed by atoms with Crippen molar-refractivity contribution < 1.29 is 27.9 Å². The third-order valence-electron chi connectivity index (χ3n) is 7.41. The highest BCUT2D eigenvalue weighted by Crippen LogP contribution is 2.36. The average Bonchev–Trinajstić information content (AvgIpc) is 3.67. The van der Waals surface area contributed by atoms with Crippen LogP contribution in [0.4, 0.5) is 5.13 Å². The van der Waals surface area contributed by atoms with Crippen LogP contribution in [-0.4, -0.2) is 59.4 Å². The molecule has 3 heterocycles. The first-order valence-electron chi connectivity index (χ1n) is 12.7. The lowest BCUT2D eigenvalue weighted by Crippen LogP contribution is -2.40. The van der Waals surface area contributed by atoms with Crippen LogP contribution in [0.2, 0.25) is 0 Å². The average molecular weight is 559 g/mol. The van der Waals surface area contributed by atoms with E-state index < -0.39 is 28.0 Å². The topological polar surface area (TPSA) is 139 Å². The molecule has 0 spiro atoms. The third-order valence-corrected chi connectivity index (χ3v) is 10.2. The fourth-order valence-electron chi connectivity index (χ4n) is 5.42. The van der Waals surface area contributed by atoms with Gasteiger partial charge in [-0.05, 0) is 48.9 Å². The van der Waals surface area contributed by atoms with Crippen LogP contribution in [0.3, 0.4) is 0 Å². The standard InChI is InChI=1S/C26H30N4O6S2/c1-36-22-13-12-20-24(28-22)37-26(27-20)29-23(31)19(15-16-5-2-3-6-16)17-8-10-18(11-9-17)38(34,35)30-14-4-7-21(30)25(32)33/h8-13,16,19,21H,2-7,14-15H2,1H3,(H,32,33)(H,27,29,31)/t19?,21-/m0/s1. The predicted molar refractivity (Wildman–Crippen MR) is 143 cm³/mol. The molecular formula is C26H30N4O6S2. The Balaban J connectivity index is 1.39. The van der Waals surface area contributed by atoms with Gasteiger partial charge >= 0.3 is 5.97 Å². The highest BCUT2D eigenvalue weighted by molar-refractivity contribution is 7.89. The number of anilines is 1. The fraction of sp³-hybridized carbons (Fsp3) is 0.462. The second-order valence-electron chi connectivity index (χ2n) is 9.81. The van der Waals surface area contributed by atoms with Crippen molar-refractivity contribution in [2.45, 2.75) is 61.8 Å². The second-order valence-corrected chi connectivity index (χ2v) is 12.7. The monoisotopic (exact) mass is 558 g/mol. The van der Waals surface area contributed by atoms with Gasteiger partial charge in [-0.15, -0.1) is 0 Å². The van der Waals surface area contributed by atoms with Crippen LogP contribution in [-0.2, 0) is 19.6 Å². The molecule has 2 fully saturated rings. The van der Waals surface area contributed by atoms with Gasteiger partial charge < -0.3 is 15.2 Å². The van der Waals surface area contributed by atoms with Crippen LogP contribution in [0, 0.1) is 5.92 Å². The zero-order valence-electron chi connectivity index (χ0n) is 21.0. The minimum atomic E-state index is -3.96. The molecule has 202 valence electrons. The molecular weight excluding hydrogens is 528 g/mol. The number of fused-ring (bicyclic) bond motifs is 1. The van der Waals surface area contributed by atoms with Crippen molar-refractivity contribution in [3.63, 3.8) is 0 Å². The van der Waals surface area contributed by atoms with Crippen molar-refractivity contribution in [2.75, 3.05) is 19.0 Å². The number of aliphatic carboxylic acids is 1. The van der Waals surface area contributed by atoms with Gasteiger partial charge in [-0.3, -0.25) is 9.59 Å². The summed E-state index contributed by atoms with van der Waals surface area (Å²) in [5.41, 5.74) is 1.38. The predicted octanol–water partition coefficient (Wildman–Crippen LogP) is 4.24. The minimum absolute atomic E-state index is 0.0284. The van der Waals surface area contributed by atoms with Gasteiger partial charge in [-0.25, -0.2) is 18.4 Å². The number of methoxy groups -OCH3 is 1. The van der Waals surface area contributed by atoms with E-state index in [0.717, 1.165) is 30.0 Å². The molecule has 12 heteroatoms. The summed E-state index contributed by atoms with van der Waals surface area (Å²) in [4.78, 5) is 34.6. The van der Waals surface area contributed by atoms with E-state index in [1.165, 1.54) is 30.6 Å². The number of rotatable bonds is 9. The molecule has 2 aromatic heterocycles. The van der Waals surface area contributed by atoms with Crippen molar-refractivity contribution >= 4 is 48.7 Å². The van der Waals surface area contributed by atoms with Gasteiger partial charge in [-0.2, -0.15) is 4.31 Å². The van der Waals surface area contributed by atoms with Gasteiger partial charge in [-0.1, -0.05) is 49.2 Å². The second kappa shape index (κ2) is 11.0. The molecule has 2 atom stereocenters. The summed E-state index contributed by atoms with van der Waals surface area (Å²) in [6.45, 7) is 0.177. The molecule has 38 heavy (non-hydrogen) atoms. The van der Waals surface area contributed by atoms with E-state index in [1.54, 1.807) is 24.3 Å². The zero-order valence-corrected chi connectivity index (χ0v) is 22.6. The van der Waals surface area contributed by atoms with Crippen LogP contribution < -0.4 is 10.1 Å². The van der Waals surface area contributed by atoms with Crippen molar-refractivity contribution in [3.8, 4) is 5.88 Å². The van der Waals surface area contributed by atoms with Crippen molar-refractivity contribution in [1.82, 2.24) is 14.3 Å². The number of nitrogens with zero attached hydrogens (tertiary/aromatic N) is 3. The number of carboxylic acid groups (broad SMARTS) is 1. The van der Waals surface area contributed by atoms with E-state index in [4.69, 9.17) is 4.74 Å². The number of carboxylic acids is 1. The van der Waals surface area contributed by atoms with Gasteiger partial charge in [0.2, 0.25) is 21.8 Å². The molecule has 1 saturated heterocycles. The first-order chi connectivity index (χ1) is 18.3. The first-order valence-corrected chi connectivity index (χ1v) is 15.0. The summed E-state index contributed by atoms with van der Waals surface area (Å²) < 4.78 is 32.6. The van der Waals surface area contributed by atoms with E-state index in [2.05, 4.69) is 15.3 Å². The molecule has 1 aliphatic heterocycles. The number of carbonyl (C=O) groups is 2. The van der Waals surface area contributed by atoms with Crippen LogP contribution in [0.25, 0.3) is 10.3 Å². The van der Waals surface area contributed by atoms with Gasteiger partial charge in [0.25, 0.3) is 0 Å². The normalized spacial score (nSPS) is 19.6. The number of hydrogen-bond donors (Lipinski definition) is 2. The Hall–Kier alpha value is -3.09. The highest BCUT2D eigenvalue weighted by Gasteiger charge is 2.39. The van der Waals surface area contributed by atoms with E-state index >= 15 is 0 Å². The number of amides is 1. The summed E-state index contributed by atoms with van der Waals surface area (Å²) >= 11 is 1.27. The molecule has 0 bridgehead atoms. The van der Waals surface area contributed by atoms with Crippen LogP contribution >= 0.6 is 11.3 Å². The molecule has 2 aliphatic rings. The lowest BCUT2D eigenvalue weighted by atomic mass is 9.87. The number of hydrogen-bond acceptors (Lipinski definition) is 8. The van der Waals surface area contributed by atoms with E-state index in [9.17, 15) is 23.1 Å². The van der Waals surface area contributed by atoms with Gasteiger partial charge in [0.05, 0.1) is 17.9 Å². The lowest BCUT2D eigenvalue weighted by Gasteiger charge is -2.22. The van der Waals surface area contributed by atoms with Crippen molar-refractivity contribution in [3.05, 3.63) is 42.0 Å². The molecule has 0 radical (unpaired) electrons. The maximum atomic E-state index is 13.5. The van der Waals surface area contributed by atoms with E-state index in [0.29, 0.717) is 52.1 Å². The molecule has 5 rings (SSSR count). The highest BCUT2D eigenvalue weighted by atomic mass is 32.2. The van der Waals surface area contributed by atoms with E-state index in [-0.39, 0.29) is 17.3 Å². The Bertz CT molecular complexity index is 1430. The van der Waals surface area contributed by atoms with Gasteiger partial charge in [0.1, 0.15) is 16.4 Å². The number of nitrogens with one attached hydrogen (secondary N) is 1. The number of benzene rings is 1. The zero-order chi connectivity index (χ0) is 26.9. The Morgan fingerprint density at radius 2 is 1.84 bits per heavy atom. The maximum absolute atomic E-state index is 13.5. The first kappa shape index (κ1) is 26.5. The third kappa shape index (κ3) is 5.38. The largest absolute Gasteiger partial charge is 0.481 e. The number of aromatic nitrogens is 2. The van der Waals surface area contributed by atoms with Crippen LogP contribution in [0.5, 0.6) is 5.88 Å². The Morgan fingerprint density at radius 3 is 2.53 bits per heavy atom. The van der Waals surface area contributed by atoms with Crippen molar-refractivity contribution in [2.24, 2.45) is 5.92 Å². The van der Waals surface area contributed by atoms with Crippen LogP contribution in [0.1, 0.15) is 56.4 Å². The molecule has 1 saturated carbocycles. The smallest absolute Gasteiger partial charge is 0.322 e. The number of thiazole rings is 1. The van der Waals surface area contributed by atoms with E-state index in [1.807, 2.05) is 0 Å². The van der Waals surface area contributed by atoms with Crippen LogP contribution in [0.15, 0.2) is 41.3 Å². The van der Waals surface area contributed by atoms with Gasteiger partial charge in [0.15, 0.2) is 5.13 Å². The van der Waals surface area contributed by atoms with Crippen molar-refractivity contribution in [1.29, 1.82) is 0 Å². The summed E-state index contributed by atoms with van der Waals surface area (Å²) in [5.74, 6) is -0.945. The minimum Gasteiger partial charge on any atom is -0.481 e. The Labute approximate surface area is 225 Å². The molecule has 1 aliphatic carbocycles. The lowest BCUT2D eigenvalue weighted by molar-refractivity contribution is -0.140. The fourth-order valence-corrected chi connectivity index (χ4v) is 7.90. The molecule has 2 N–H and O–H groups in total. The summed E-state index contributed by atoms with van der Waals surface area (Å²) in [6.07, 6.45) is 5.86. The Morgan fingerprint density at radius 1 is 1.11 bits per heavy atom. The number of pyridine rings is 1. The van der Waals surface area contributed by atoms with Gasteiger partial charge in [0, 0.05) is 12.6 Å². The SMILES string of the molecule is COc1ccc2nc(NC(=O)C(CC3CCCC3)c3ccc(S(=O)(=O)N4CCC[C@H]4C(=O)O)cc3)sc2n1. The molecule has 1 unspecified atom stereocenters. The quantitative estimate of drug-likeness (QED) is 0.398. The molecule has 10 nitrogen and oxygen atoms in total. The number of carbonyl (C=O) groups excluding carboxylic acids is 1. The Kier molecular flexibility index (Phi) is 7.64. The number of ether oxygens (including phenoxy) is 1. The molecule has 1 amide bonds. The maximum Gasteiger partial charge on any atom is 0.322 e. The summed E-state index contributed by atoms with van der Waals surface area (Å²) in [7, 11) is -2.42. The summed E-state index contributed by atoms with van der Waals surface area (Å²) in [5, 5.41) is 12.8. The summed E-state index contributed by atoms with van der Waals surface area (Å²) in [6, 6.07) is 8.75. The number of sulfonamides is 1. The molecule has 1 aromatic carbocycles.